The van der Waals surface area contributed by atoms with Gasteiger partial charge in [-0.25, -0.2) is 0 Å². The van der Waals surface area contributed by atoms with Crippen molar-refractivity contribution >= 4 is 0 Å². The molecule has 2 saturated heterocycles. The van der Waals surface area contributed by atoms with Crippen LogP contribution in [0, 0.1) is 0 Å². The predicted octanol–water partition coefficient (Wildman–Crippen LogP) is 10.2. The predicted molar refractivity (Wildman–Crippen MR) is 272 cm³/mol. The Morgan fingerprint density at radius 3 is 0.917 bits per heavy atom. The van der Waals surface area contributed by atoms with Crippen LogP contribution in [0.1, 0.15) is 38.9 Å². The fourth-order valence-electron chi connectivity index (χ4n) is 8.97. The Labute approximate surface area is 423 Å². The maximum atomic E-state index is 12.0. The third kappa shape index (κ3) is 14.8. The van der Waals surface area contributed by atoms with Gasteiger partial charge in [0.25, 0.3) is 0 Å². The largest absolute Gasteiger partial charge is 0.374 e. The van der Waals surface area contributed by atoms with Crippen LogP contribution in [0.15, 0.2) is 212 Å². The van der Waals surface area contributed by atoms with Gasteiger partial charge in [-0.1, -0.05) is 212 Å². The van der Waals surface area contributed by atoms with Gasteiger partial charge in [0.2, 0.25) is 0 Å². The van der Waals surface area contributed by atoms with E-state index in [2.05, 4.69) is 0 Å². The minimum Gasteiger partial charge on any atom is -0.374 e. The zero-order valence-electron chi connectivity index (χ0n) is 40.4. The van der Waals surface area contributed by atoms with E-state index in [9.17, 15) is 5.11 Å². The van der Waals surface area contributed by atoms with Gasteiger partial charge in [0.1, 0.15) is 48.8 Å². The van der Waals surface area contributed by atoms with Crippen LogP contribution in [0.4, 0.5) is 0 Å². The molecule has 11 heteroatoms. The van der Waals surface area contributed by atoms with Gasteiger partial charge in [-0.15, -0.1) is 0 Å². The maximum Gasteiger partial charge on any atom is 0.187 e. The van der Waals surface area contributed by atoms with Gasteiger partial charge in [0, 0.05) is 0 Å². The summed E-state index contributed by atoms with van der Waals surface area (Å²) in [6, 6.07) is 69.7. The molecule has 9 rings (SSSR count). The number of hydrogen-bond acceptors (Lipinski definition) is 11. The summed E-state index contributed by atoms with van der Waals surface area (Å²) in [5.41, 5.74) is 6.80. The van der Waals surface area contributed by atoms with Crippen LogP contribution in [0.3, 0.4) is 0 Å². The fourth-order valence-corrected chi connectivity index (χ4v) is 8.97. The van der Waals surface area contributed by atoms with Gasteiger partial charge in [-0.3, -0.25) is 0 Å². The van der Waals surface area contributed by atoms with Crippen molar-refractivity contribution in [2.75, 3.05) is 13.2 Å². The standard InChI is InChI=1S/C61H64O11/c62-60-58(68-41-50-32-18-6-19-33-50)56(66-39-48-28-14-4-15-29-48)55(65-38-47-26-12-3-13-27-47)53(71-60)44-70-61-59(69-42-51-34-20-7-21-35-51)57(67-40-49-30-16-5-17-31-49)54(64-37-46-24-10-2-11-25-46)52(72-61)43-63-36-45-22-8-1-9-23-45/h1-35,52-62H,36-44H2/t52-,53-,54+,55-,56+,57+,58-,59-,60+,61+/m1/s1. The summed E-state index contributed by atoms with van der Waals surface area (Å²) >= 11 is 0. The first kappa shape index (κ1) is 51.0. The van der Waals surface area contributed by atoms with E-state index in [0.717, 1.165) is 38.9 Å². The molecule has 0 aromatic heterocycles. The first-order chi connectivity index (χ1) is 35.6. The normalized spacial score (nSPS) is 24.2. The highest BCUT2D eigenvalue weighted by Gasteiger charge is 2.52. The van der Waals surface area contributed by atoms with Gasteiger partial charge in [0.05, 0.1) is 59.5 Å². The van der Waals surface area contributed by atoms with Crippen LogP contribution < -0.4 is 0 Å². The Bertz CT molecular complexity index is 2550. The molecule has 1 N–H and O–H groups in total. The Balaban J connectivity index is 1.04. The molecule has 0 saturated carbocycles. The van der Waals surface area contributed by atoms with Crippen molar-refractivity contribution in [2.45, 2.75) is 108 Å². The van der Waals surface area contributed by atoms with E-state index in [1.807, 2.05) is 212 Å². The summed E-state index contributed by atoms with van der Waals surface area (Å²) in [6.07, 6.45) is -8.74. The van der Waals surface area contributed by atoms with E-state index in [1.54, 1.807) is 0 Å². The average Bonchev–Trinajstić information content (AvgIpc) is 3.44. The molecule has 0 spiro atoms. The van der Waals surface area contributed by atoms with Crippen molar-refractivity contribution < 1.29 is 52.5 Å². The SMILES string of the molecule is O[C@H]1O[C@H](CO[C@H]2O[C@H](COCc3ccccc3)[C@H](OCc3ccccc3)[C@H](OCc3ccccc3)[C@H]2OCc2ccccc2)[C@@H](OCc2ccccc2)[C@H](OCc2ccccc2)[C@H]1OCc1ccccc1. The van der Waals surface area contributed by atoms with Crippen molar-refractivity contribution in [1.82, 2.24) is 0 Å². The summed E-state index contributed by atoms with van der Waals surface area (Å²) in [6.45, 7) is 1.89. The summed E-state index contributed by atoms with van der Waals surface area (Å²) in [4.78, 5) is 0. The summed E-state index contributed by atoms with van der Waals surface area (Å²) < 4.78 is 67.9. The Morgan fingerprint density at radius 1 is 0.278 bits per heavy atom. The quantitative estimate of drug-likeness (QED) is 0.0591. The molecule has 374 valence electrons. The number of rotatable bonds is 25. The first-order valence-corrected chi connectivity index (χ1v) is 24.8. The van der Waals surface area contributed by atoms with Crippen molar-refractivity contribution in [3.05, 3.63) is 251 Å². The lowest BCUT2D eigenvalue weighted by Gasteiger charge is -2.47. The smallest absolute Gasteiger partial charge is 0.187 e. The Hall–Kier alpha value is -5.90. The van der Waals surface area contributed by atoms with Gasteiger partial charge in [-0.05, 0) is 38.9 Å². The van der Waals surface area contributed by atoms with Crippen molar-refractivity contribution in [3.8, 4) is 0 Å². The molecule has 7 aromatic rings. The molecular weight excluding hydrogens is 909 g/mol. The molecule has 2 aliphatic rings. The van der Waals surface area contributed by atoms with Crippen LogP contribution >= 0.6 is 0 Å². The molecular formula is C61H64O11. The van der Waals surface area contributed by atoms with E-state index >= 15 is 0 Å². The topological polar surface area (TPSA) is 113 Å². The van der Waals surface area contributed by atoms with Crippen LogP contribution in [-0.4, -0.2) is 79.7 Å². The number of benzene rings is 7. The fraction of sp³-hybridized carbons (Fsp3) is 0.311. The van der Waals surface area contributed by atoms with E-state index in [1.165, 1.54) is 0 Å². The third-order valence-electron chi connectivity index (χ3n) is 12.7. The van der Waals surface area contributed by atoms with Crippen molar-refractivity contribution in [3.63, 3.8) is 0 Å². The number of hydrogen-bond donors (Lipinski definition) is 1. The first-order valence-electron chi connectivity index (χ1n) is 24.8. The lowest BCUT2D eigenvalue weighted by Crippen LogP contribution is -2.63. The molecule has 11 nitrogen and oxygen atoms in total. The zero-order chi connectivity index (χ0) is 49.0. The van der Waals surface area contributed by atoms with Crippen LogP contribution in [0.2, 0.25) is 0 Å². The zero-order valence-corrected chi connectivity index (χ0v) is 40.4. The number of ether oxygens (including phenoxy) is 10. The van der Waals surface area contributed by atoms with Gasteiger partial charge in [-0.2, -0.15) is 0 Å². The van der Waals surface area contributed by atoms with Crippen molar-refractivity contribution in [1.29, 1.82) is 0 Å². The average molecular weight is 973 g/mol. The molecule has 7 aromatic carbocycles. The highest BCUT2D eigenvalue weighted by molar-refractivity contribution is 5.19. The molecule has 2 heterocycles. The van der Waals surface area contributed by atoms with Crippen LogP contribution in [0.25, 0.3) is 0 Å². The molecule has 2 aliphatic heterocycles. The Kier molecular flexibility index (Phi) is 19.3. The molecule has 0 unspecified atom stereocenters. The number of aliphatic hydroxyl groups excluding tert-OH is 1. The second-order valence-electron chi connectivity index (χ2n) is 18.0. The maximum absolute atomic E-state index is 12.0. The molecule has 0 amide bonds. The number of aliphatic hydroxyl groups is 1. The molecule has 2 fully saturated rings. The van der Waals surface area contributed by atoms with Gasteiger partial charge in [0.15, 0.2) is 12.6 Å². The molecule has 10 atom stereocenters. The monoisotopic (exact) mass is 972 g/mol. The summed E-state index contributed by atoms with van der Waals surface area (Å²) in [5.74, 6) is 0. The second-order valence-corrected chi connectivity index (χ2v) is 18.0. The lowest BCUT2D eigenvalue weighted by molar-refractivity contribution is -0.349. The Morgan fingerprint density at radius 2 is 0.556 bits per heavy atom. The highest BCUT2D eigenvalue weighted by atomic mass is 16.7. The third-order valence-corrected chi connectivity index (χ3v) is 12.7. The molecule has 0 bridgehead atoms. The molecule has 72 heavy (non-hydrogen) atoms. The van der Waals surface area contributed by atoms with Gasteiger partial charge >= 0.3 is 0 Å². The molecule has 0 radical (unpaired) electrons. The highest BCUT2D eigenvalue weighted by Crippen LogP contribution is 2.34. The van der Waals surface area contributed by atoms with Crippen LogP contribution in [-0.2, 0) is 93.6 Å². The van der Waals surface area contributed by atoms with Crippen LogP contribution in [0.5, 0.6) is 0 Å². The van der Waals surface area contributed by atoms with E-state index in [-0.39, 0.29) is 52.9 Å². The summed E-state index contributed by atoms with van der Waals surface area (Å²) in [5, 5.41) is 12.0. The van der Waals surface area contributed by atoms with Crippen molar-refractivity contribution in [2.24, 2.45) is 0 Å². The minimum atomic E-state index is -1.41. The minimum absolute atomic E-state index is 0.0957. The van der Waals surface area contributed by atoms with E-state index in [0.29, 0.717) is 6.61 Å². The lowest BCUT2D eigenvalue weighted by atomic mass is 9.97. The van der Waals surface area contributed by atoms with E-state index < -0.39 is 61.4 Å². The van der Waals surface area contributed by atoms with E-state index in [4.69, 9.17) is 47.4 Å². The second kappa shape index (κ2) is 27.2. The van der Waals surface area contributed by atoms with Gasteiger partial charge < -0.3 is 52.5 Å². The summed E-state index contributed by atoms with van der Waals surface area (Å²) in [7, 11) is 0. The molecule has 0 aliphatic carbocycles.